The summed E-state index contributed by atoms with van der Waals surface area (Å²) in [5.74, 6) is -0.284. The smallest absolute Gasteiger partial charge is 0.249 e. The molecule has 0 aliphatic heterocycles. The minimum atomic E-state index is -0.345. The number of benzene rings is 1. The number of halogens is 1. The van der Waals surface area contributed by atoms with E-state index in [2.05, 4.69) is 20.6 Å². The quantitative estimate of drug-likeness (QED) is 0.851. The standard InChI is InChI=1S/C15H15ClN4O2/c1-8(2)6-13(22)20-15-14(17-9(3)21)18-11-5-4-10(16)7-12(11)19-15/h4-7H,1-3H3,(H,17,18,21)(H,19,20,22). The summed E-state index contributed by atoms with van der Waals surface area (Å²) in [6, 6.07) is 5.01. The van der Waals surface area contributed by atoms with E-state index in [1.165, 1.54) is 13.0 Å². The molecule has 0 aliphatic carbocycles. The lowest BCUT2D eigenvalue weighted by Gasteiger charge is -2.10. The first-order valence-electron chi connectivity index (χ1n) is 6.56. The molecule has 0 unspecified atom stereocenters. The van der Waals surface area contributed by atoms with Crippen LogP contribution < -0.4 is 10.6 Å². The minimum absolute atomic E-state index is 0.174. The Kier molecular flexibility index (Phi) is 4.72. The van der Waals surface area contributed by atoms with Gasteiger partial charge in [0, 0.05) is 18.0 Å². The number of fused-ring (bicyclic) bond motifs is 1. The summed E-state index contributed by atoms with van der Waals surface area (Å²) in [5.41, 5.74) is 1.93. The number of anilines is 2. The molecule has 0 radical (unpaired) electrons. The lowest BCUT2D eigenvalue weighted by atomic mass is 10.3. The Morgan fingerprint density at radius 3 is 2.32 bits per heavy atom. The van der Waals surface area contributed by atoms with Crippen LogP contribution in [0.3, 0.4) is 0 Å². The molecular weight excluding hydrogens is 304 g/mol. The van der Waals surface area contributed by atoms with Gasteiger partial charge in [-0.05, 0) is 32.0 Å². The average Bonchev–Trinajstić information content (AvgIpc) is 2.38. The Morgan fingerprint density at radius 2 is 1.68 bits per heavy atom. The topological polar surface area (TPSA) is 84.0 Å². The Bertz CT molecular complexity index is 782. The number of amides is 2. The predicted molar refractivity (Wildman–Crippen MR) is 86.9 cm³/mol. The van der Waals surface area contributed by atoms with Gasteiger partial charge in [0.05, 0.1) is 11.0 Å². The summed E-state index contributed by atoms with van der Waals surface area (Å²) in [4.78, 5) is 31.8. The number of hydrogen-bond donors (Lipinski definition) is 2. The van der Waals surface area contributed by atoms with Crippen LogP contribution in [0.5, 0.6) is 0 Å². The van der Waals surface area contributed by atoms with Gasteiger partial charge in [0.25, 0.3) is 0 Å². The van der Waals surface area contributed by atoms with Crippen LogP contribution in [0.15, 0.2) is 29.8 Å². The molecule has 1 heterocycles. The van der Waals surface area contributed by atoms with Gasteiger partial charge >= 0.3 is 0 Å². The fraction of sp³-hybridized carbons (Fsp3) is 0.200. The first-order valence-corrected chi connectivity index (χ1v) is 6.94. The molecule has 6 nitrogen and oxygen atoms in total. The average molecular weight is 319 g/mol. The van der Waals surface area contributed by atoms with Gasteiger partial charge in [0.1, 0.15) is 0 Å². The molecule has 22 heavy (non-hydrogen) atoms. The SMILES string of the molecule is CC(=O)Nc1nc2ccc(Cl)cc2nc1NC(=O)C=C(C)C. The summed E-state index contributed by atoms with van der Waals surface area (Å²) in [5, 5.41) is 5.68. The van der Waals surface area contributed by atoms with Gasteiger partial charge in [-0.1, -0.05) is 17.2 Å². The molecule has 0 bridgehead atoms. The minimum Gasteiger partial charge on any atom is -0.308 e. The van der Waals surface area contributed by atoms with E-state index in [1.54, 1.807) is 32.0 Å². The molecule has 114 valence electrons. The van der Waals surface area contributed by atoms with Gasteiger partial charge in [-0.15, -0.1) is 0 Å². The highest BCUT2D eigenvalue weighted by molar-refractivity contribution is 6.31. The zero-order valence-electron chi connectivity index (χ0n) is 12.4. The maximum Gasteiger partial charge on any atom is 0.249 e. The largest absolute Gasteiger partial charge is 0.308 e. The van der Waals surface area contributed by atoms with Crippen LogP contribution in [-0.2, 0) is 9.59 Å². The van der Waals surface area contributed by atoms with Crippen LogP contribution >= 0.6 is 11.6 Å². The normalized spacial score (nSPS) is 10.2. The molecule has 1 aromatic heterocycles. The summed E-state index contributed by atoms with van der Waals surface area (Å²) in [7, 11) is 0. The van der Waals surface area contributed by atoms with Crippen molar-refractivity contribution < 1.29 is 9.59 Å². The molecule has 2 N–H and O–H groups in total. The van der Waals surface area contributed by atoms with Crippen molar-refractivity contribution in [1.29, 1.82) is 0 Å². The van der Waals surface area contributed by atoms with E-state index >= 15 is 0 Å². The Balaban J connectivity index is 2.50. The van der Waals surface area contributed by atoms with Crippen molar-refractivity contribution in [3.05, 3.63) is 34.9 Å². The van der Waals surface area contributed by atoms with Gasteiger partial charge in [-0.3, -0.25) is 9.59 Å². The van der Waals surface area contributed by atoms with Gasteiger partial charge in [0.2, 0.25) is 11.8 Å². The zero-order chi connectivity index (χ0) is 16.3. The van der Waals surface area contributed by atoms with Crippen molar-refractivity contribution in [3.63, 3.8) is 0 Å². The molecule has 0 spiro atoms. The zero-order valence-corrected chi connectivity index (χ0v) is 13.2. The van der Waals surface area contributed by atoms with Crippen LogP contribution in [-0.4, -0.2) is 21.8 Å². The summed E-state index contributed by atoms with van der Waals surface area (Å²) in [6.07, 6.45) is 1.43. The Hall–Kier alpha value is -2.47. The highest BCUT2D eigenvalue weighted by atomic mass is 35.5. The monoisotopic (exact) mass is 318 g/mol. The number of nitrogens with one attached hydrogen (secondary N) is 2. The second-order valence-electron chi connectivity index (χ2n) is 4.95. The van der Waals surface area contributed by atoms with E-state index in [4.69, 9.17) is 11.6 Å². The predicted octanol–water partition coefficient (Wildman–Crippen LogP) is 3.15. The summed E-state index contributed by atoms with van der Waals surface area (Å²) in [6.45, 7) is 4.97. The molecule has 0 aliphatic rings. The number of allylic oxidation sites excluding steroid dienone is 1. The van der Waals surface area contributed by atoms with Crippen molar-refractivity contribution in [2.45, 2.75) is 20.8 Å². The van der Waals surface area contributed by atoms with Gasteiger partial charge in [-0.25, -0.2) is 9.97 Å². The molecule has 0 saturated heterocycles. The number of hydrogen-bond acceptors (Lipinski definition) is 4. The van der Waals surface area contributed by atoms with Crippen LogP contribution in [0.2, 0.25) is 5.02 Å². The molecule has 0 atom stereocenters. The van der Waals surface area contributed by atoms with Crippen molar-refractivity contribution in [2.24, 2.45) is 0 Å². The molecule has 2 aromatic rings. The summed E-state index contributed by atoms with van der Waals surface area (Å²) < 4.78 is 0. The van der Waals surface area contributed by atoms with E-state index in [0.717, 1.165) is 5.57 Å². The van der Waals surface area contributed by atoms with Crippen molar-refractivity contribution in [3.8, 4) is 0 Å². The first-order chi connectivity index (χ1) is 10.3. The molecular formula is C15H15ClN4O2. The third-order valence-corrected chi connectivity index (χ3v) is 2.82. The van der Waals surface area contributed by atoms with Crippen LogP contribution in [0.1, 0.15) is 20.8 Å². The highest BCUT2D eigenvalue weighted by Gasteiger charge is 2.12. The maximum absolute atomic E-state index is 11.9. The molecule has 0 fully saturated rings. The second-order valence-corrected chi connectivity index (χ2v) is 5.38. The van der Waals surface area contributed by atoms with Crippen LogP contribution in [0.25, 0.3) is 11.0 Å². The number of carbonyl (C=O) groups is 2. The summed E-state index contributed by atoms with van der Waals surface area (Å²) >= 11 is 5.94. The van der Waals surface area contributed by atoms with Gasteiger partial charge < -0.3 is 10.6 Å². The molecule has 0 saturated carbocycles. The number of aromatic nitrogens is 2. The van der Waals surface area contributed by atoms with E-state index in [1.807, 2.05) is 0 Å². The van der Waals surface area contributed by atoms with Crippen molar-refractivity contribution in [1.82, 2.24) is 9.97 Å². The Morgan fingerprint density at radius 1 is 1.05 bits per heavy atom. The molecule has 7 heteroatoms. The fourth-order valence-corrected chi connectivity index (χ4v) is 1.95. The molecule has 2 rings (SSSR count). The van der Waals surface area contributed by atoms with E-state index in [0.29, 0.717) is 16.1 Å². The maximum atomic E-state index is 11.9. The van der Waals surface area contributed by atoms with E-state index in [-0.39, 0.29) is 23.5 Å². The lowest BCUT2D eigenvalue weighted by molar-refractivity contribution is -0.114. The van der Waals surface area contributed by atoms with E-state index in [9.17, 15) is 9.59 Å². The molecule has 2 amide bonds. The van der Waals surface area contributed by atoms with Crippen molar-refractivity contribution in [2.75, 3.05) is 10.6 Å². The lowest BCUT2D eigenvalue weighted by Crippen LogP contribution is -2.16. The second kappa shape index (κ2) is 6.53. The number of carbonyl (C=O) groups excluding carboxylic acids is 2. The molecule has 1 aromatic carbocycles. The third-order valence-electron chi connectivity index (χ3n) is 2.58. The van der Waals surface area contributed by atoms with Gasteiger partial charge in [-0.2, -0.15) is 0 Å². The van der Waals surface area contributed by atoms with Gasteiger partial charge in [0.15, 0.2) is 11.6 Å². The third kappa shape index (κ3) is 4.02. The fourth-order valence-electron chi connectivity index (χ4n) is 1.78. The van der Waals surface area contributed by atoms with Crippen LogP contribution in [0, 0.1) is 0 Å². The van der Waals surface area contributed by atoms with Crippen LogP contribution in [0.4, 0.5) is 11.6 Å². The number of rotatable bonds is 3. The van der Waals surface area contributed by atoms with Crippen molar-refractivity contribution >= 4 is 46.1 Å². The van der Waals surface area contributed by atoms with E-state index < -0.39 is 0 Å². The number of nitrogens with zero attached hydrogens (tertiary/aromatic N) is 2. The Labute approximate surface area is 132 Å². The first kappa shape index (κ1) is 15.9. The highest BCUT2D eigenvalue weighted by Crippen LogP contribution is 2.23.